The first-order valence-corrected chi connectivity index (χ1v) is 8.10. The van der Waals surface area contributed by atoms with Gasteiger partial charge in [0, 0.05) is 35.3 Å². The zero-order valence-electron chi connectivity index (χ0n) is 13.8. The Hall–Kier alpha value is -2.64. The molecule has 3 aromatic rings. The van der Waals surface area contributed by atoms with E-state index in [0.717, 1.165) is 40.0 Å². The van der Waals surface area contributed by atoms with Crippen molar-refractivity contribution in [1.29, 1.82) is 5.26 Å². The summed E-state index contributed by atoms with van der Waals surface area (Å²) < 4.78 is 0. The molecule has 0 aliphatic heterocycles. The van der Waals surface area contributed by atoms with Crippen molar-refractivity contribution in [3.63, 3.8) is 0 Å². The maximum absolute atomic E-state index is 10.1. The summed E-state index contributed by atoms with van der Waals surface area (Å²) in [6, 6.07) is 11.2. The molecule has 0 radical (unpaired) electrons. The second-order valence-electron chi connectivity index (χ2n) is 5.83. The molecular weight excluding hydrogens is 322 g/mol. The third-order valence-electron chi connectivity index (χ3n) is 4.40. The lowest BCUT2D eigenvalue weighted by Crippen LogP contribution is -2.15. The minimum atomic E-state index is 0.248. The van der Waals surface area contributed by atoms with Crippen molar-refractivity contribution >= 4 is 28.2 Å². The van der Waals surface area contributed by atoms with Crippen LogP contribution in [0.1, 0.15) is 18.1 Å². The number of nitriles is 1. The molecule has 122 valence electrons. The SMILES string of the molecule is CCN(C)c1cc(-c2[nH]c3c(C#N)cc(Cl)cc3c2C)ccc1O. The minimum Gasteiger partial charge on any atom is -0.506 e. The highest BCUT2D eigenvalue weighted by atomic mass is 35.5. The summed E-state index contributed by atoms with van der Waals surface area (Å²) >= 11 is 6.13. The quantitative estimate of drug-likeness (QED) is 0.718. The molecule has 1 aromatic heterocycles. The van der Waals surface area contributed by atoms with Crippen LogP contribution in [0.5, 0.6) is 5.75 Å². The van der Waals surface area contributed by atoms with Crippen molar-refractivity contribution in [3.05, 3.63) is 46.5 Å². The van der Waals surface area contributed by atoms with Crippen LogP contribution in [0, 0.1) is 18.3 Å². The molecule has 24 heavy (non-hydrogen) atoms. The predicted octanol–water partition coefficient (Wildman–Crippen LogP) is 4.83. The monoisotopic (exact) mass is 339 g/mol. The lowest BCUT2D eigenvalue weighted by Gasteiger charge is -2.19. The van der Waals surface area contributed by atoms with Crippen LogP contribution in [0.2, 0.25) is 5.02 Å². The summed E-state index contributed by atoms with van der Waals surface area (Å²) in [5.74, 6) is 0.248. The van der Waals surface area contributed by atoms with Gasteiger partial charge in [-0.25, -0.2) is 0 Å². The molecule has 1 heterocycles. The summed E-state index contributed by atoms with van der Waals surface area (Å²) in [5, 5.41) is 20.9. The molecule has 0 amide bonds. The number of aromatic nitrogens is 1. The molecule has 0 fully saturated rings. The summed E-state index contributed by atoms with van der Waals surface area (Å²) in [5.41, 5.74) is 4.99. The van der Waals surface area contributed by atoms with E-state index in [4.69, 9.17) is 11.6 Å². The number of nitrogens with zero attached hydrogens (tertiary/aromatic N) is 2. The summed E-state index contributed by atoms with van der Waals surface area (Å²) in [7, 11) is 1.93. The topological polar surface area (TPSA) is 63.0 Å². The Kier molecular flexibility index (Phi) is 4.13. The maximum Gasteiger partial charge on any atom is 0.138 e. The zero-order chi connectivity index (χ0) is 17.4. The van der Waals surface area contributed by atoms with Gasteiger partial charge in [-0.3, -0.25) is 0 Å². The molecule has 0 saturated heterocycles. The number of aromatic hydroxyl groups is 1. The Labute approximate surface area is 145 Å². The Bertz CT molecular complexity index is 969. The first kappa shape index (κ1) is 16.2. The fourth-order valence-corrected chi connectivity index (χ4v) is 3.14. The molecule has 5 heteroatoms. The molecule has 2 aromatic carbocycles. The molecule has 0 aliphatic carbocycles. The normalized spacial score (nSPS) is 10.8. The number of hydrogen-bond acceptors (Lipinski definition) is 3. The number of fused-ring (bicyclic) bond motifs is 1. The molecule has 3 rings (SSSR count). The first-order valence-electron chi connectivity index (χ1n) is 7.72. The number of H-pyrrole nitrogens is 1. The van der Waals surface area contributed by atoms with E-state index < -0.39 is 0 Å². The van der Waals surface area contributed by atoms with Crippen molar-refractivity contribution in [2.75, 3.05) is 18.5 Å². The Balaban J connectivity index is 2.24. The second-order valence-corrected chi connectivity index (χ2v) is 6.27. The van der Waals surface area contributed by atoms with Crippen molar-refractivity contribution in [3.8, 4) is 23.1 Å². The van der Waals surface area contributed by atoms with Gasteiger partial charge in [0.2, 0.25) is 0 Å². The molecule has 0 bridgehead atoms. The van der Waals surface area contributed by atoms with Crippen molar-refractivity contribution in [2.24, 2.45) is 0 Å². The number of aryl methyl sites for hydroxylation is 1. The molecule has 0 spiro atoms. The zero-order valence-corrected chi connectivity index (χ0v) is 14.6. The Morgan fingerprint density at radius 1 is 1.29 bits per heavy atom. The van der Waals surface area contributed by atoms with Crippen LogP contribution in [0.25, 0.3) is 22.2 Å². The lowest BCUT2D eigenvalue weighted by atomic mass is 10.0. The van der Waals surface area contributed by atoms with E-state index in [1.54, 1.807) is 12.1 Å². The average molecular weight is 340 g/mol. The number of benzene rings is 2. The number of rotatable bonds is 3. The van der Waals surface area contributed by atoms with E-state index in [-0.39, 0.29) is 5.75 Å². The van der Waals surface area contributed by atoms with Crippen LogP contribution in [0.3, 0.4) is 0 Å². The van der Waals surface area contributed by atoms with E-state index in [0.29, 0.717) is 10.6 Å². The number of aromatic amines is 1. The van der Waals surface area contributed by atoms with Crippen LogP contribution in [0.15, 0.2) is 30.3 Å². The molecule has 0 aliphatic rings. The molecule has 0 saturated carbocycles. The fourth-order valence-electron chi connectivity index (χ4n) is 2.92. The van der Waals surface area contributed by atoms with E-state index in [1.165, 1.54) is 0 Å². The standard InChI is InChI=1S/C19H18ClN3O/c1-4-23(3)16-8-12(5-6-17(16)24)18-11(2)15-9-14(20)7-13(10-21)19(15)22-18/h5-9,22,24H,4H2,1-3H3. The van der Waals surface area contributed by atoms with Gasteiger partial charge in [0.15, 0.2) is 0 Å². The average Bonchev–Trinajstić information content (AvgIpc) is 2.91. The molecule has 0 atom stereocenters. The van der Waals surface area contributed by atoms with E-state index >= 15 is 0 Å². The van der Waals surface area contributed by atoms with E-state index in [1.807, 2.05) is 44.0 Å². The van der Waals surface area contributed by atoms with Gasteiger partial charge in [-0.1, -0.05) is 11.6 Å². The fraction of sp³-hybridized carbons (Fsp3) is 0.211. The van der Waals surface area contributed by atoms with Gasteiger partial charge in [-0.15, -0.1) is 0 Å². The molecular formula is C19H18ClN3O. The van der Waals surface area contributed by atoms with Crippen LogP contribution < -0.4 is 4.90 Å². The van der Waals surface area contributed by atoms with Crippen LogP contribution in [0.4, 0.5) is 5.69 Å². The van der Waals surface area contributed by atoms with Gasteiger partial charge in [0.25, 0.3) is 0 Å². The van der Waals surface area contributed by atoms with Gasteiger partial charge in [0.1, 0.15) is 11.8 Å². The number of anilines is 1. The molecule has 0 unspecified atom stereocenters. The summed E-state index contributed by atoms with van der Waals surface area (Å²) in [6.07, 6.45) is 0. The maximum atomic E-state index is 10.1. The second kappa shape index (κ2) is 6.10. The Morgan fingerprint density at radius 2 is 2.04 bits per heavy atom. The van der Waals surface area contributed by atoms with Crippen molar-refractivity contribution in [2.45, 2.75) is 13.8 Å². The number of nitrogens with one attached hydrogen (secondary N) is 1. The van der Waals surface area contributed by atoms with Gasteiger partial charge in [0.05, 0.1) is 16.8 Å². The molecule has 4 nitrogen and oxygen atoms in total. The number of phenols is 1. The van der Waals surface area contributed by atoms with Crippen LogP contribution >= 0.6 is 11.6 Å². The van der Waals surface area contributed by atoms with E-state index in [2.05, 4.69) is 11.1 Å². The third kappa shape index (κ3) is 2.57. The third-order valence-corrected chi connectivity index (χ3v) is 4.62. The summed E-state index contributed by atoms with van der Waals surface area (Å²) in [4.78, 5) is 5.33. The van der Waals surface area contributed by atoms with Gasteiger partial charge in [-0.05, 0) is 49.7 Å². The van der Waals surface area contributed by atoms with Crippen LogP contribution in [-0.4, -0.2) is 23.7 Å². The lowest BCUT2D eigenvalue weighted by molar-refractivity contribution is 0.475. The summed E-state index contributed by atoms with van der Waals surface area (Å²) in [6.45, 7) is 4.82. The predicted molar refractivity (Wildman–Crippen MR) is 98.8 cm³/mol. The smallest absolute Gasteiger partial charge is 0.138 e. The number of phenolic OH excluding ortho intramolecular Hbond substituents is 1. The van der Waals surface area contributed by atoms with Gasteiger partial charge < -0.3 is 15.0 Å². The Morgan fingerprint density at radius 3 is 2.71 bits per heavy atom. The van der Waals surface area contributed by atoms with Gasteiger partial charge >= 0.3 is 0 Å². The largest absolute Gasteiger partial charge is 0.506 e. The first-order chi connectivity index (χ1) is 11.5. The highest BCUT2D eigenvalue weighted by Gasteiger charge is 2.15. The van der Waals surface area contributed by atoms with E-state index in [9.17, 15) is 10.4 Å². The van der Waals surface area contributed by atoms with Crippen molar-refractivity contribution in [1.82, 2.24) is 4.98 Å². The van der Waals surface area contributed by atoms with Crippen molar-refractivity contribution < 1.29 is 5.11 Å². The van der Waals surface area contributed by atoms with Gasteiger partial charge in [-0.2, -0.15) is 5.26 Å². The van der Waals surface area contributed by atoms with Crippen LogP contribution in [-0.2, 0) is 0 Å². The number of halogens is 1. The highest BCUT2D eigenvalue weighted by molar-refractivity contribution is 6.31. The number of hydrogen-bond donors (Lipinski definition) is 2. The minimum absolute atomic E-state index is 0.248. The highest BCUT2D eigenvalue weighted by Crippen LogP contribution is 2.36. The molecule has 2 N–H and O–H groups in total.